The summed E-state index contributed by atoms with van der Waals surface area (Å²) in [5, 5.41) is 3.91. The molecule has 0 bridgehead atoms. The number of nitrogens with one attached hydrogen (secondary N) is 1. The van der Waals surface area contributed by atoms with Crippen LogP contribution in [0.3, 0.4) is 0 Å². The van der Waals surface area contributed by atoms with Crippen molar-refractivity contribution in [3.63, 3.8) is 0 Å². The summed E-state index contributed by atoms with van der Waals surface area (Å²) in [7, 11) is 2.86. The van der Waals surface area contributed by atoms with Crippen LogP contribution in [0.1, 0.15) is 15.9 Å². The lowest BCUT2D eigenvalue weighted by molar-refractivity contribution is -0.142. The van der Waals surface area contributed by atoms with Crippen molar-refractivity contribution in [2.45, 2.75) is 0 Å². The minimum atomic E-state index is -0.452. The molecule has 1 N–H and O–H groups in total. The first-order valence-corrected chi connectivity index (χ1v) is 7.39. The predicted molar refractivity (Wildman–Crippen MR) is 92.0 cm³/mol. The molecule has 1 amide bonds. The van der Waals surface area contributed by atoms with Gasteiger partial charge in [-0.3, -0.25) is 4.79 Å². The Morgan fingerprint density at radius 1 is 1.00 bits per heavy atom. The van der Waals surface area contributed by atoms with Crippen LogP contribution in [-0.4, -0.2) is 38.9 Å². The van der Waals surface area contributed by atoms with Gasteiger partial charge in [0.25, 0.3) is 5.91 Å². The van der Waals surface area contributed by atoms with Crippen LogP contribution in [0.25, 0.3) is 0 Å². The Balaban J connectivity index is 1.86. The van der Waals surface area contributed by atoms with Crippen molar-refractivity contribution in [1.82, 2.24) is 5.43 Å². The molecular weight excluding hydrogens is 324 g/mol. The summed E-state index contributed by atoms with van der Waals surface area (Å²) in [6.45, 7) is -0.151. The summed E-state index contributed by atoms with van der Waals surface area (Å²) in [6, 6.07) is 13.6. The largest absolute Gasteiger partial charge is 0.497 e. The monoisotopic (exact) mass is 342 g/mol. The van der Waals surface area contributed by atoms with Crippen molar-refractivity contribution in [2.24, 2.45) is 5.10 Å². The van der Waals surface area contributed by atoms with Crippen LogP contribution in [-0.2, 0) is 9.53 Å². The molecule has 25 heavy (non-hydrogen) atoms. The van der Waals surface area contributed by atoms with Crippen LogP contribution in [0.2, 0.25) is 0 Å². The first-order valence-electron chi connectivity index (χ1n) is 7.39. The number of carbonyl (C=O) groups excluding carboxylic acids is 2. The molecule has 130 valence electrons. The second-order valence-electron chi connectivity index (χ2n) is 4.86. The summed E-state index contributed by atoms with van der Waals surface area (Å²) in [5.74, 6) is 0.434. The molecule has 0 atom stereocenters. The van der Waals surface area contributed by atoms with Gasteiger partial charge in [0, 0.05) is 5.56 Å². The van der Waals surface area contributed by atoms with Crippen molar-refractivity contribution in [1.29, 1.82) is 0 Å². The fourth-order valence-electron chi connectivity index (χ4n) is 1.82. The maximum absolute atomic E-state index is 11.9. The van der Waals surface area contributed by atoms with Gasteiger partial charge in [0.05, 0.1) is 20.4 Å². The highest BCUT2D eigenvalue weighted by Gasteiger charge is 2.04. The summed E-state index contributed by atoms with van der Waals surface area (Å²) in [5.41, 5.74) is 3.69. The molecule has 2 aromatic rings. The Morgan fingerprint density at radius 3 is 2.24 bits per heavy atom. The molecule has 0 unspecified atom stereocenters. The quantitative estimate of drug-likeness (QED) is 0.472. The van der Waals surface area contributed by atoms with Gasteiger partial charge in [-0.1, -0.05) is 0 Å². The molecule has 0 spiro atoms. The van der Waals surface area contributed by atoms with Crippen LogP contribution in [0.15, 0.2) is 53.6 Å². The third kappa shape index (κ3) is 5.65. The van der Waals surface area contributed by atoms with E-state index in [4.69, 9.17) is 9.47 Å². The second-order valence-corrected chi connectivity index (χ2v) is 4.86. The predicted octanol–water partition coefficient (Wildman–Crippen LogP) is 2.01. The molecule has 0 saturated heterocycles. The van der Waals surface area contributed by atoms with Gasteiger partial charge < -0.3 is 14.2 Å². The maximum atomic E-state index is 11.9. The van der Waals surface area contributed by atoms with E-state index >= 15 is 0 Å². The molecule has 2 aromatic carbocycles. The fraction of sp³-hybridized carbons (Fsp3) is 0.167. The van der Waals surface area contributed by atoms with Crippen molar-refractivity contribution >= 4 is 18.1 Å². The lowest BCUT2D eigenvalue weighted by atomic mass is 10.2. The molecule has 2 rings (SSSR count). The highest BCUT2D eigenvalue weighted by molar-refractivity contribution is 5.95. The molecule has 0 aliphatic heterocycles. The van der Waals surface area contributed by atoms with Gasteiger partial charge in [-0.05, 0) is 54.1 Å². The molecule has 7 heteroatoms. The molecule has 0 aliphatic carbocycles. The minimum absolute atomic E-state index is 0.151. The molecule has 7 nitrogen and oxygen atoms in total. The van der Waals surface area contributed by atoms with E-state index in [2.05, 4.69) is 15.3 Å². The number of hydrogen-bond donors (Lipinski definition) is 1. The first kappa shape index (κ1) is 18.0. The number of hydrazone groups is 1. The first-order chi connectivity index (χ1) is 12.1. The van der Waals surface area contributed by atoms with Crippen molar-refractivity contribution in [3.8, 4) is 11.5 Å². The Morgan fingerprint density at radius 2 is 1.64 bits per heavy atom. The Labute approximate surface area is 145 Å². The highest BCUT2D eigenvalue weighted by Crippen LogP contribution is 2.12. The van der Waals surface area contributed by atoms with Crippen LogP contribution in [0, 0.1) is 0 Å². The zero-order valence-corrected chi connectivity index (χ0v) is 13.9. The Hall–Kier alpha value is -3.35. The summed E-state index contributed by atoms with van der Waals surface area (Å²) in [4.78, 5) is 22.9. The normalized spacial score (nSPS) is 10.3. The average molecular weight is 342 g/mol. The number of ether oxygens (including phenoxy) is 3. The van der Waals surface area contributed by atoms with Gasteiger partial charge in [0.15, 0.2) is 6.61 Å². The van der Waals surface area contributed by atoms with Crippen molar-refractivity contribution < 1.29 is 23.8 Å². The fourth-order valence-corrected chi connectivity index (χ4v) is 1.82. The van der Waals surface area contributed by atoms with Gasteiger partial charge in [-0.2, -0.15) is 5.10 Å². The number of methoxy groups -OCH3 is 2. The number of nitrogens with zero attached hydrogens (tertiary/aromatic N) is 1. The van der Waals surface area contributed by atoms with Crippen LogP contribution in [0.4, 0.5) is 0 Å². The summed E-state index contributed by atoms with van der Waals surface area (Å²) >= 11 is 0. The van der Waals surface area contributed by atoms with E-state index < -0.39 is 5.97 Å². The number of amides is 1. The number of esters is 1. The summed E-state index contributed by atoms with van der Waals surface area (Å²) in [6.07, 6.45) is 1.51. The zero-order chi connectivity index (χ0) is 18.1. The van der Waals surface area contributed by atoms with E-state index in [0.717, 1.165) is 5.56 Å². The molecule has 0 aliphatic rings. The van der Waals surface area contributed by atoms with Crippen LogP contribution in [0.5, 0.6) is 11.5 Å². The van der Waals surface area contributed by atoms with Crippen LogP contribution >= 0.6 is 0 Å². The molecular formula is C18H18N2O5. The second kappa shape index (κ2) is 9.07. The molecule has 0 saturated carbocycles. The Kier molecular flexibility index (Phi) is 6.53. The lowest BCUT2D eigenvalue weighted by Crippen LogP contribution is -2.17. The molecule has 0 radical (unpaired) electrons. The maximum Gasteiger partial charge on any atom is 0.343 e. The van der Waals surface area contributed by atoms with Crippen LogP contribution < -0.4 is 14.9 Å². The van der Waals surface area contributed by atoms with Gasteiger partial charge in [-0.15, -0.1) is 0 Å². The smallest absolute Gasteiger partial charge is 0.343 e. The third-order valence-electron chi connectivity index (χ3n) is 3.20. The molecule has 0 heterocycles. The molecule has 0 fully saturated rings. The zero-order valence-electron chi connectivity index (χ0n) is 13.9. The van der Waals surface area contributed by atoms with Gasteiger partial charge in [-0.25, -0.2) is 10.2 Å². The van der Waals surface area contributed by atoms with E-state index in [9.17, 15) is 9.59 Å². The van der Waals surface area contributed by atoms with E-state index in [1.807, 2.05) is 0 Å². The van der Waals surface area contributed by atoms with E-state index in [1.54, 1.807) is 55.6 Å². The number of carbonyl (C=O) groups is 2. The van der Waals surface area contributed by atoms with E-state index in [-0.39, 0.29) is 12.5 Å². The van der Waals surface area contributed by atoms with Gasteiger partial charge in [0.2, 0.25) is 0 Å². The van der Waals surface area contributed by atoms with Crippen molar-refractivity contribution in [2.75, 3.05) is 20.8 Å². The standard InChI is InChI=1S/C18H18N2O5/c1-23-15-9-5-14(6-10-15)18(22)20-19-11-13-3-7-16(8-4-13)25-12-17(21)24-2/h3-11H,12H2,1-2H3,(H,20,22)/b19-11+. The summed E-state index contributed by atoms with van der Waals surface area (Å²) < 4.78 is 14.8. The lowest BCUT2D eigenvalue weighted by Gasteiger charge is -2.04. The number of rotatable bonds is 7. The van der Waals surface area contributed by atoms with E-state index in [1.165, 1.54) is 13.3 Å². The van der Waals surface area contributed by atoms with Gasteiger partial charge in [0.1, 0.15) is 11.5 Å². The van der Waals surface area contributed by atoms with E-state index in [0.29, 0.717) is 17.1 Å². The number of hydrogen-bond acceptors (Lipinski definition) is 6. The highest BCUT2D eigenvalue weighted by atomic mass is 16.6. The minimum Gasteiger partial charge on any atom is -0.497 e. The van der Waals surface area contributed by atoms with Gasteiger partial charge >= 0.3 is 5.97 Å². The number of benzene rings is 2. The average Bonchev–Trinajstić information content (AvgIpc) is 2.67. The van der Waals surface area contributed by atoms with Crippen molar-refractivity contribution in [3.05, 3.63) is 59.7 Å². The third-order valence-corrected chi connectivity index (χ3v) is 3.20. The molecule has 0 aromatic heterocycles. The Bertz CT molecular complexity index is 739. The topological polar surface area (TPSA) is 86.2 Å². The SMILES string of the molecule is COC(=O)COc1ccc(/C=N/NC(=O)c2ccc(OC)cc2)cc1.